The molecule has 0 saturated heterocycles. The standard InChI is InChI=1S/C26H28ClN3O2/c1-16-6-5-7-17(12-16)14-28-23-11-8-18(15-29-23)22-10-9-21(27)24(30-22)19-13-20(19)25(31)32-26(2,3)4/h5-12,15,19-20H,13-14H2,1-4H3,(H,28,29)/t19-,20-/m1/s1. The number of halogens is 1. The molecule has 2 heterocycles. The van der Waals surface area contributed by atoms with Crippen LogP contribution in [0.15, 0.2) is 54.7 Å². The van der Waals surface area contributed by atoms with E-state index in [4.69, 9.17) is 21.3 Å². The molecule has 1 aromatic carbocycles. The maximum Gasteiger partial charge on any atom is 0.310 e. The topological polar surface area (TPSA) is 64.1 Å². The molecule has 166 valence electrons. The molecule has 1 aliphatic carbocycles. The van der Waals surface area contributed by atoms with Crippen LogP contribution >= 0.6 is 11.6 Å². The maximum atomic E-state index is 12.4. The molecule has 4 rings (SSSR count). The van der Waals surface area contributed by atoms with E-state index >= 15 is 0 Å². The van der Waals surface area contributed by atoms with Gasteiger partial charge in [-0.25, -0.2) is 4.98 Å². The lowest BCUT2D eigenvalue weighted by molar-refractivity contribution is -0.156. The summed E-state index contributed by atoms with van der Waals surface area (Å²) in [5, 5.41) is 3.93. The summed E-state index contributed by atoms with van der Waals surface area (Å²) in [6, 6.07) is 16.0. The summed E-state index contributed by atoms with van der Waals surface area (Å²) in [5.74, 6) is 0.439. The van der Waals surface area contributed by atoms with Crippen LogP contribution in [-0.4, -0.2) is 21.5 Å². The number of rotatable bonds is 6. The number of hydrogen-bond donors (Lipinski definition) is 1. The van der Waals surface area contributed by atoms with Crippen LogP contribution in [0.3, 0.4) is 0 Å². The zero-order valence-corrected chi connectivity index (χ0v) is 19.6. The highest BCUT2D eigenvalue weighted by Crippen LogP contribution is 2.50. The van der Waals surface area contributed by atoms with Crippen LogP contribution < -0.4 is 5.32 Å². The van der Waals surface area contributed by atoms with Gasteiger partial charge in [-0.3, -0.25) is 9.78 Å². The summed E-state index contributed by atoms with van der Waals surface area (Å²) in [6.07, 6.45) is 2.52. The van der Waals surface area contributed by atoms with Gasteiger partial charge in [0.15, 0.2) is 0 Å². The molecule has 32 heavy (non-hydrogen) atoms. The van der Waals surface area contributed by atoms with Gasteiger partial charge in [0.1, 0.15) is 11.4 Å². The monoisotopic (exact) mass is 449 g/mol. The molecular formula is C26H28ClN3O2. The van der Waals surface area contributed by atoms with Crippen molar-refractivity contribution < 1.29 is 9.53 Å². The third-order valence-corrected chi connectivity index (χ3v) is 5.66. The van der Waals surface area contributed by atoms with Gasteiger partial charge >= 0.3 is 5.97 Å². The average molecular weight is 450 g/mol. The number of carbonyl (C=O) groups is 1. The van der Waals surface area contributed by atoms with E-state index in [0.717, 1.165) is 22.8 Å². The van der Waals surface area contributed by atoms with Crippen LogP contribution in [0, 0.1) is 12.8 Å². The second-order valence-corrected chi connectivity index (χ2v) is 9.73. The molecule has 2 aromatic heterocycles. The number of nitrogens with one attached hydrogen (secondary N) is 1. The number of anilines is 1. The van der Waals surface area contributed by atoms with Crippen molar-refractivity contribution in [2.24, 2.45) is 5.92 Å². The number of aromatic nitrogens is 2. The van der Waals surface area contributed by atoms with Crippen LogP contribution in [0.4, 0.5) is 5.82 Å². The van der Waals surface area contributed by atoms with Gasteiger partial charge < -0.3 is 10.1 Å². The van der Waals surface area contributed by atoms with Crippen LogP contribution in [0.5, 0.6) is 0 Å². The van der Waals surface area contributed by atoms with E-state index in [1.807, 2.05) is 45.0 Å². The Hall–Kier alpha value is -2.92. The van der Waals surface area contributed by atoms with Gasteiger partial charge in [-0.05, 0) is 63.9 Å². The third-order valence-electron chi connectivity index (χ3n) is 5.34. The summed E-state index contributed by atoms with van der Waals surface area (Å²) < 4.78 is 5.52. The van der Waals surface area contributed by atoms with Crippen LogP contribution in [0.1, 0.15) is 49.9 Å². The van der Waals surface area contributed by atoms with E-state index < -0.39 is 5.60 Å². The predicted molar refractivity (Wildman–Crippen MR) is 128 cm³/mol. The lowest BCUT2D eigenvalue weighted by Gasteiger charge is -2.19. The fourth-order valence-electron chi connectivity index (χ4n) is 3.68. The second kappa shape index (κ2) is 8.91. The van der Waals surface area contributed by atoms with Gasteiger partial charge in [-0.2, -0.15) is 0 Å². The first-order valence-electron chi connectivity index (χ1n) is 10.8. The normalized spacial score (nSPS) is 17.7. The predicted octanol–water partition coefficient (Wildman–Crippen LogP) is 6.16. The molecule has 1 N–H and O–H groups in total. The Morgan fingerprint density at radius 1 is 1.19 bits per heavy atom. The van der Waals surface area contributed by atoms with Crippen molar-refractivity contribution in [2.45, 2.75) is 52.2 Å². The van der Waals surface area contributed by atoms with E-state index in [0.29, 0.717) is 18.0 Å². The van der Waals surface area contributed by atoms with E-state index in [-0.39, 0.29) is 17.8 Å². The van der Waals surface area contributed by atoms with Crippen molar-refractivity contribution in [1.29, 1.82) is 0 Å². The lowest BCUT2D eigenvalue weighted by Crippen LogP contribution is -2.25. The zero-order chi connectivity index (χ0) is 22.9. The largest absolute Gasteiger partial charge is 0.460 e. The Labute approximate surface area is 194 Å². The molecule has 6 heteroatoms. The van der Waals surface area contributed by atoms with Crippen molar-refractivity contribution in [1.82, 2.24) is 9.97 Å². The molecule has 0 amide bonds. The molecule has 0 spiro atoms. The number of nitrogens with zero attached hydrogens (tertiary/aromatic N) is 2. The highest BCUT2D eigenvalue weighted by molar-refractivity contribution is 6.31. The second-order valence-electron chi connectivity index (χ2n) is 9.32. The molecule has 5 nitrogen and oxygen atoms in total. The minimum absolute atomic E-state index is 0.000489. The molecule has 0 unspecified atom stereocenters. The first-order valence-corrected chi connectivity index (χ1v) is 11.2. The first-order chi connectivity index (χ1) is 15.2. The first kappa shape index (κ1) is 22.3. The van der Waals surface area contributed by atoms with Gasteiger partial charge in [0.25, 0.3) is 0 Å². The fourth-order valence-corrected chi connectivity index (χ4v) is 3.92. The average Bonchev–Trinajstić information content (AvgIpc) is 3.53. The lowest BCUT2D eigenvalue weighted by atomic mass is 10.1. The number of pyridine rings is 2. The van der Waals surface area contributed by atoms with E-state index in [9.17, 15) is 4.79 Å². The summed E-state index contributed by atoms with van der Waals surface area (Å²) in [4.78, 5) is 21.7. The molecule has 0 radical (unpaired) electrons. The van der Waals surface area contributed by atoms with Crippen molar-refractivity contribution in [3.63, 3.8) is 0 Å². The maximum absolute atomic E-state index is 12.4. The number of ether oxygens (including phenoxy) is 1. The van der Waals surface area contributed by atoms with Crippen LogP contribution in [0.2, 0.25) is 5.02 Å². The van der Waals surface area contributed by atoms with Gasteiger partial charge in [-0.15, -0.1) is 0 Å². The Bertz CT molecular complexity index is 1120. The summed E-state index contributed by atoms with van der Waals surface area (Å²) in [5.41, 5.74) is 4.40. The Kier molecular flexibility index (Phi) is 6.20. The Morgan fingerprint density at radius 2 is 2.00 bits per heavy atom. The molecular weight excluding hydrogens is 422 g/mol. The Balaban J connectivity index is 1.44. The summed E-state index contributed by atoms with van der Waals surface area (Å²) in [7, 11) is 0. The van der Waals surface area contributed by atoms with Crippen LogP contribution in [0.25, 0.3) is 11.3 Å². The molecule has 0 aliphatic heterocycles. The Morgan fingerprint density at radius 3 is 2.69 bits per heavy atom. The minimum atomic E-state index is -0.496. The van der Waals surface area contributed by atoms with Crippen molar-refractivity contribution in [2.75, 3.05) is 5.32 Å². The van der Waals surface area contributed by atoms with Gasteiger partial charge in [0, 0.05) is 24.2 Å². The highest BCUT2D eigenvalue weighted by atomic mass is 35.5. The molecule has 1 fully saturated rings. The highest BCUT2D eigenvalue weighted by Gasteiger charge is 2.48. The van der Waals surface area contributed by atoms with Crippen molar-refractivity contribution in [3.05, 3.63) is 76.6 Å². The number of carbonyl (C=O) groups excluding carboxylic acids is 1. The van der Waals surface area contributed by atoms with Gasteiger partial charge in [-0.1, -0.05) is 41.4 Å². The van der Waals surface area contributed by atoms with E-state index in [1.165, 1.54) is 11.1 Å². The number of aryl methyl sites for hydroxylation is 1. The minimum Gasteiger partial charge on any atom is -0.460 e. The van der Waals surface area contributed by atoms with Crippen molar-refractivity contribution in [3.8, 4) is 11.3 Å². The molecule has 1 saturated carbocycles. The van der Waals surface area contributed by atoms with Crippen LogP contribution in [-0.2, 0) is 16.1 Å². The van der Waals surface area contributed by atoms with Gasteiger partial charge in [0.05, 0.1) is 22.3 Å². The zero-order valence-electron chi connectivity index (χ0n) is 18.9. The van der Waals surface area contributed by atoms with Crippen molar-refractivity contribution >= 4 is 23.4 Å². The van der Waals surface area contributed by atoms with E-state index in [1.54, 1.807) is 6.20 Å². The number of benzene rings is 1. The third kappa shape index (κ3) is 5.46. The summed E-state index contributed by atoms with van der Waals surface area (Å²) >= 11 is 6.42. The molecule has 3 aromatic rings. The molecule has 2 atom stereocenters. The van der Waals surface area contributed by atoms with E-state index in [2.05, 4.69) is 41.5 Å². The summed E-state index contributed by atoms with van der Waals surface area (Å²) in [6.45, 7) is 8.42. The fraction of sp³-hybridized carbons (Fsp3) is 0.346. The number of esters is 1. The molecule has 1 aliphatic rings. The smallest absolute Gasteiger partial charge is 0.310 e. The SMILES string of the molecule is Cc1cccc(CNc2ccc(-c3ccc(Cl)c([C@@H]4C[C@H]4C(=O)OC(C)(C)C)n3)cn2)c1. The number of hydrogen-bond acceptors (Lipinski definition) is 5. The van der Waals surface area contributed by atoms with Gasteiger partial charge in [0.2, 0.25) is 0 Å². The molecule has 0 bridgehead atoms. The quantitative estimate of drug-likeness (QED) is 0.456.